The van der Waals surface area contributed by atoms with Gasteiger partial charge in [0.15, 0.2) is 34.9 Å². The summed E-state index contributed by atoms with van der Waals surface area (Å²) in [6, 6.07) is 11.9. The van der Waals surface area contributed by atoms with E-state index in [2.05, 4.69) is 4.98 Å². The topological polar surface area (TPSA) is 51.1 Å². The molecule has 0 saturated heterocycles. The van der Waals surface area contributed by atoms with Gasteiger partial charge in [-0.1, -0.05) is 12.1 Å². The van der Waals surface area contributed by atoms with Crippen LogP contribution in [0, 0.1) is 0 Å². The van der Waals surface area contributed by atoms with Gasteiger partial charge in [0.05, 0.1) is 40.2 Å². The number of rotatable bonds is 6. The number of fused-ring (bicyclic) bond motifs is 1. The molecule has 0 aliphatic rings. The predicted molar refractivity (Wildman–Crippen MR) is 96.0 cm³/mol. The fourth-order valence-electron chi connectivity index (χ4n) is 3.03. The molecule has 0 bridgehead atoms. The van der Waals surface area contributed by atoms with Crippen LogP contribution in [0.4, 0.5) is 0 Å². The first-order valence-corrected chi connectivity index (χ1v) is 7.97. The Balaban J connectivity index is 0.00000243. The van der Waals surface area contributed by atoms with Crippen molar-refractivity contribution >= 4 is 10.8 Å². The van der Waals surface area contributed by atoms with Crippen LogP contribution in [0.1, 0.15) is 11.3 Å². The van der Waals surface area contributed by atoms with Crippen LogP contribution < -0.4 is 36.3 Å². The van der Waals surface area contributed by atoms with Crippen molar-refractivity contribution in [3.8, 4) is 23.0 Å². The maximum atomic E-state index is 5.55. The highest BCUT2D eigenvalue weighted by Crippen LogP contribution is 2.35. The van der Waals surface area contributed by atoms with Crippen LogP contribution in [0.2, 0.25) is 0 Å². The average molecular weight is 376 g/mol. The molecule has 0 radical (unpaired) electrons. The van der Waals surface area contributed by atoms with Crippen molar-refractivity contribution in [2.24, 2.45) is 0 Å². The Bertz CT molecular complexity index is 898. The van der Waals surface area contributed by atoms with Gasteiger partial charge in [-0.2, -0.15) is 0 Å². The standard InChI is InChI=1S/C20H21NO4.ClH/c1-22-17-7-5-6-14(20(17)25-4)10-16-15-12-19(24-3)18(23-2)11-13(15)8-9-21-16;/h5-9,11-12H,10H2,1-4H3;1H. The van der Waals surface area contributed by atoms with E-state index in [9.17, 15) is 0 Å². The third-order valence-corrected chi connectivity index (χ3v) is 4.25. The van der Waals surface area contributed by atoms with Crippen molar-refractivity contribution in [2.75, 3.05) is 28.4 Å². The van der Waals surface area contributed by atoms with Gasteiger partial charge in [0.2, 0.25) is 0 Å². The van der Waals surface area contributed by atoms with Gasteiger partial charge in [-0.05, 0) is 23.6 Å². The quantitative estimate of drug-likeness (QED) is 0.621. The van der Waals surface area contributed by atoms with E-state index in [4.69, 9.17) is 18.9 Å². The maximum absolute atomic E-state index is 5.55. The molecule has 0 atom stereocenters. The van der Waals surface area contributed by atoms with E-state index in [0.717, 1.165) is 33.5 Å². The number of halogens is 1. The monoisotopic (exact) mass is 375 g/mol. The summed E-state index contributed by atoms with van der Waals surface area (Å²) in [4.78, 5) is 3.34. The zero-order valence-electron chi connectivity index (χ0n) is 15.3. The van der Waals surface area contributed by atoms with Crippen molar-refractivity contribution in [2.45, 2.75) is 6.42 Å². The molecule has 26 heavy (non-hydrogen) atoms. The number of aromatic nitrogens is 1. The SMILES string of the molecule is COc1cc2cc[nH+]c(Cc3cccc(OC)c3OC)c2cc1OC.[Cl-]. The third kappa shape index (κ3) is 3.63. The lowest BCUT2D eigenvalue weighted by atomic mass is 10.0. The van der Waals surface area contributed by atoms with Gasteiger partial charge in [-0.15, -0.1) is 0 Å². The van der Waals surface area contributed by atoms with Crippen molar-refractivity contribution in [1.82, 2.24) is 0 Å². The largest absolute Gasteiger partial charge is 1.00 e. The van der Waals surface area contributed by atoms with Gasteiger partial charge in [-0.25, -0.2) is 4.98 Å². The summed E-state index contributed by atoms with van der Waals surface area (Å²) in [5.41, 5.74) is 2.10. The highest BCUT2D eigenvalue weighted by molar-refractivity contribution is 5.87. The number of benzene rings is 2. The van der Waals surface area contributed by atoms with Crippen molar-refractivity contribution in [1.29, 1.82) is 0 Å². The summed E-state index contributed by atoms with van der Waals surface area (Å²) in [7, 11) is 6.58. The van der Waals surface area contributed by atoms with Crippen LogP contribution in [-0.2, 0) is 6.42 Å². The Kier molecular flexibility index (Phi) is 6.52. The molecule has 2 aromatic carbocycles. The highest BCUT2D eigenvalue weighted by Gasteiger charge is 2.17. The maximum Gasteiger partial charge on any atom is 0.192 e. The molecule has 6 heteroatoms. The summed E-state index contributed by atoms with van der Waals surface area (Å²) in [6.07, 6.45) is 2.60. The lowest BCUT2D eigenvalue weighted by molar-refractivity contribution is -0.387. The Labute approximate surface area is 159 Å². The van der Waals surface area contributed by atoms with Crippen LogP contribution in [0.3, 0.4) is 0 Å². The van der Waals surface area contributed by atoms with Crippen molar-refractivity contribution in [3.05, 3.63) is 53.9 Å². The van der Waals surface area contributed by atoms with E-state index in [1.165, 1.54) is 0 Å². The number of hydrogen-bond acceptors (Lipinski definition) is 4. The number of para-hydroxylation sites is 1. The third-order valence-electron chi connectivity index (χ3n) is 4.25. The van der Waals surface area contributed by atoms with Gasteiger partial charge in [0.1, 0.15) is 0 Å². The number of nitrogens with one attached hydrogen (secondary N) is 1. The van der Waals surface area contributed by atoms with Crippen molar-refractivity contribution in [3.63, 3.8) is 0 Å². The molecule has 1 aromatic heterocycles. The Morgan fingerprint density at radius 3 is 2.15 bits per heavy atom. The van der Waals surface area contributed by atoms with E-state index < -0.39 is 0 Å². The zero-order chi connectivity index (χ0) is 17.8. The summed E-state index contributed by atoms with van der Waals surface area (Å²) in [6.45, 7) is 0. The highest BCUT2D eigenvalue weighted by atomic mass is 35.5. The molecule has 0 aliphatic carbocycles. The smallest absolute Gasteiger partial charge is 0.192 e. The molecule has 0 aliphatic heterocycles. The fraction of sp³-hybridized carbons (Fsp3) is 0.250. The van der Waals surface area contributed by atoms with Gasteiger partial charge < -0.3 is 31.4 Å². The summed E-state index contributed by atoms with van der Waals surface area (Å²) in [5, 5.41) is 2.15. The molecule has 5 nitrogen and oxygen atoms in total. The number of pyridine rings is 1. The van der Waals surface area contributed by atoms with Crippen LogP contribution in [0.25, 0.3) is 10.8 Å². The first-order chi connectivity index (χ1) is 12.2. The predicted octanol–water partition coefficient (Wildman–Crippen LogP) is 0.283. The number of aromatic amines is 1. The Hall–Kier alpha value is -2.66. The minimum absolute atomic E-state index is 0. The molecule has 0 amide bonds. The van der Waals surface area contributed by atoms with E-state index in [-0.39, 0.29) is 12.4 Å². The minimum atomic E-state index is 0. The van der Waals surface area contributed by atoms with E-state index in [1.807, 2.05) is 42.6 Å². The van der Waals surface area contributed by atoms with Crippen LogP contribution in [-0.4, -0.2) is 28.4 Å². The number of hydrogen-bond donors (Lipinski definition) is 0. The van der Waals surface area contributed by atoms with Crippen LogP contribution in [0.15, 0.2) is 42.6 Å². The number of ether oxygens (including phenoxy) is 4. The fourth-order valence-corrected chi connectivity index (χ4v) is 3.03. The molecular weight excluding hydrogens is 354 g/mol. The molecule has 1 heterocycles. The first-order valence-electron chi connectivity index (χ1n) is 7.97. The molecule has 0 spiro atoms. The van der Waals surface area contributed by atoms with E-state index >= 15 is 0 Å². The summed E-state index contributed by atoms with van der Waals surface area (Å²) >= 11 is 0. The van der Waals surface area contributed by atoms with Crippen molar-refractivity contribution < 1.29 is 36.3 Å². The summed E-state index contributed by atoms with van der Waals surface area (Å²) in [5.74, 6) is 2.88. The second-order valence-corrected chi connectivity index (χ2v) is 5.58. The van der Waals surface area contributed by atoms with E-state index in [1.54, 1.807) is 28.4 Å². The molecule has 0 fully saturated rings. The average Bonchev–Trinajstić information content (AvgIpc) is 2.66. The molecule has 0 unspecified atom stereocenters. The number of H-pyrrole nitrogens is 1. The van der Waals surface area contributed by atoms with Gasteiger partial charge in [-0.3, -0.25) is 0 Å². The van der Waals surface area contributed by atoms with Crippen LogP contribution >= 0.6 is 0 Å². The van der Waals surface area contributed by atoms with Gasteiger partial charge >= 0.3 is 0 Å². The Morgan fingerprint density at radius 1 is 0.808 bits per heavy atom. The normalized spacial score (nSPS) is 10.2. The molecular formula is C20H22ClNO4. The lowest BCUT2D eigenvalue weighted by Crippen LogP contribution is -3.00. The Morgan fingerprint density at radius 2 is 1.50 bits per heavy atom. The lowest BCUT2D eigenvalue weighted by Gasteiger charge is -2.12. The van der Waals surface area contributed by atoms with Gasteiger partial charge in [0, 0.05) is 11.6 Å². The molecule has 3 rings (SSSR count). The molecule has 3 aromatic rings. The van der Waals surface area contributed by atoms with E-state index in [0.29, 0.717) is 17.9 Å². The summed E-state index contributed by atoms with van der Waals surface area (Å²) < 4.78 is 21.8. The molecule has 0 saturated carbocycles. The number of methoxy groups -OCH3 is 4. The zero-order valence-corrected chi connectivity index (χ0v) is 16.0. The van der Waals surface area contributed by atoms with Crippen LogP contribution in [0.5, 0.6) is 23.0 Å². The first kappa shape index (κ1) is 19.7. The molecule has 138 valence electrons. The molecule has 1 N–H and O–H groups in total. The van der Waals surface area contributed by atoms with Gasteiger partial charge in [0.25, 0.3) is 0 Å². The second kappa shape index (κ2) is 8.63. The second-order valence-electron chi connectivity index (χ2n) is 5.58. The minimum Gasteiger partial charge on any atom is -1.00 e.